The molecule has 0 amide bonds. The molecular weight excluding hydrogens is 284 g/mol. The number of aryl methyl sites for hydroxylation is 1. The first-order valence-electron chi connectivity index (χ1n) is 6.81. The summed E-state index contributed by atoms with van der Waals surface area (Å²) in [5.41, 5.74) is 3.11. The molecule has 0 aromatic heterocycles. The molecule has 21 heavy (non-hydrogen) atoms. The van der Waals surface area contributed by atoms with Crippen LogP contribution >= 0.6 is 12.2 Å². The van der Waals surface area contributed by atoms with Gasteiger partial charge < -0.3 is 20.1 Å². The number of anilines is 2. The minimum absolute atomic E-state index is 0.269. The summed E-state index contributed by atoms with van der Waals surface area (Å²) in [7, 11) is 0. The monoisotopic (exact) mass is 300 g/mol. The first-order valence-corrected chi connectivity index (χ1v) is 7.22. The Kier molecular flexibility index (Phi) is 3.92. The van der Waals surface area contributed by atoms with Crippen molar-refractivity contribution in [2.75, 3.05) is 17.4 Å². The van der Waals surface area contributed by atoms with Gasteiger partial charge in [-0.3, -0.25) is 0 Å². The highest BCUT2D eigenvalue weighted by molar-refractivity contribution is 7.80. The molecule has 0 radical (unpaired) electrons. The van der Waals surface area contributed by atoms with E-state index in [1.54, 1.807) is 0 Å². The van der Waals surface area contributed by atoms with Crippen LogP contribution in [0.15, 0.2) is 42.5 Å². The Morgan fingerprint density at radius 2 is 1.81 bits per heavy atom. The molecule has 5 heteroatoms. The minimum Gasteiger partial charge on any atom is -0.454 e. The molecule has 0 spiro atoms. The van der Waals surface area contributed by atoms with Crippen molar-refractivity contribution in [2.24, 2.45) is 0 Å². The SMILES string of the molecule is CCc1cccc(NC(=S)Nc2ccc3c(c2)OCO3)c1. The molecule has 1 aliphatic heterocycles. The zero-order valence-corrected chi connectivity index (χ0v) is 12.5. The molecule has 2 aromatic carbocycles. The predicted molar refractivity (Wildman–Crippen MR) is 88.2 cm³/mol. The van der Waals surface area contributed by atoms with Gasteiger partial charge in [0.05, 0.1) is 0 Å². The fourth-order valence-electron chi connectivity index (χ4n) is 2.14. The summed E-state index contributed by atoms with van der Waals surface area (Å²) < 4.78 is 10.6. The maximum atomic E-state index is 5.34. The van der Waals surface area contributed by atoms with Crippen molar-refractivity contribution >= 4 is 28.7 Å². The zero-order chi connectivity index (χ0) is 14.7. The number of rotatable bonds is 3. The Morgan fingerprint density at radius 3 is 2.62 bits per heavy atom. The van der Waals surface area contributed by atoms with Gasteiger partial charge >= 0.3 is 0 Å². The molecule has 0 aliphatic carbocycles. The largest absolute Gasteiger partial charge is 0.454 e. The van der Waals surface area contributed by atoms with E-state index in [1.165, 1.54) is 5.56 Å². The predicted octanol–water partition coefficient (Wildman–Crippen LogP) is 3.79. The van der Waals surface area contributed by atoms with Crippen LogP contribution < -0.4 is 20.1 Å². The number of ether oxygens (including phenoxy) is 2. The van der Waals surface area contributed by atoms with Gasteiger partial charge in [-0.25, -0.2) is 0 Å². The molecule has 108 valence electrons. The number of hydrogen-bond donors (Lipinski definition) is 2. The fourth-order valence-corrected chi connectivity index (χ4v) is 2.37. The molecule has 0 bridgehead atoms. The number of thiocarbonyl (C=S) groups is 1. The number of benzene rings is 2. The first kappa shape index (κ1) is 13.7. The summed E-state index contributed by atoms with van der Waals surface area (Å²) in [5.74, 6) is 1.49. The Labute approximate surface area is 129 Å². The van der Waals surface area contributed by atoms with Gasteiger partial charge in [0.25, 0.3) is 0 Å². The van der Waals surface area contributed by atoms with E-state index in [4.69, 9.17) is 21.7 Å². The van der Waals surface area contributed by atoms with Crippen LogP contribution in [0, 0.1) is 0 Å². The van der Waals surface area contributed by atoms with Gasteiger partial charge in [0.1, 0.15) is 0 Å². The van der Waals surface area contributed by atoms with Crippen molar-refractivity contribution in [3.8, 4) is 11.5 Å². The second-order valence-corrected chi connectivity index (χ2v) is 5.11. The lowest BCUT2D eigenvalue weighted by Crippen LogP contribution is -2.19. The van der Waals surface area contributed by atoms with E-state index >= 15 is 0 Å². The van der Waals surface area contributed by atoms with Crippen molar-refractivity contribution in [1.29, 1.82) is 0 Å². The summed E-state index contributed by atoms with van der Waals surface area (Å²) in [4.78, 5) is 0. The molecule has 1 heterocycles. The third-order valence-electron chi connectivity index (χ3n) is 3.22. The van der Waals surface area contributed by atoms with Gasteiger partial charge in [0, 0.05) is 17.4 Å². The van der Waals surface area contributed by atoms with Crippen molar-refractivity contribution in [2.45, 2.75) is 13.3 Å². The molecule has 2 N–H and O–H groups in total. The number of fused-ring (bicyclic) bond motifs is 1. The number of hydrogen-bond acceptors (Lipinski definition) is 3. The quantitative estimate of drug-likeness (QED) is 0.844. The normalized spacial score (nSPS) is 12.0. The molecule has 0 fully saturated rings. The van der Waals surface area contributed by atoms with Crippen LogP contribution in [0.3, 0.4) is 0 Å². The molecule has 0 unspecified atom stereocenters. The molecule has 0 saturated heterocycles. The lowest BCUT2D eigenvalue weighted by atomic mass is 10.1. The average Bonchev–Trinajstić information content (AvgIpc) is 2.95. The smallest absolute Gasteiger partial charge is 0.231 e. The van der Waals surface area contributed by atoms with Gasteiger partial charge in [-0.15, -0.1) is 0 Å². The lowest BCUT2D eigenvalue weighted by molar-refractivity contribution is 0.174. The van der Waals surface area contributed by atoms with Crippen LogP contribution in [0.25, 0.3) is 0 Å². The van der Waals surface area contributed by atoms with E-state index in [-0.39, 0.29) is 6.79 Å². The summed E-state index contributed by atoms with van der Waals surface area (Å²) in [6, 6.07) is 13.8. The lowest BCUT2D eigenvalue weighted by Gasteiger charge is -2.11. The van der Waals surface area contributed by atoms with Crippen molar-refractivity contribution in [1.82, 2.24) is 0 Å². The van der Waals surface area contributed by atoms with Gasteiger partial charge in [0.2, 0.25) is 6.79 Å². The van der Waals surface area contributed by atoms with Gasteiger partial charge in [-0.1, -0.05) is 19.1 Å². The van der Waals surface area contributed by atoms with Gasteiger partial charge in [-0.2, -0.15) is 0 Å². The first-order chi connectivity index (χ1) is 10.2. The second kappa shape index (κ2) is 6.01. The molecule has 3 rings (SSSR count). The maximum Gasteiger partial charge on any atom is 0.231 e. The van der Waals surface area contributed by atoms with E-state index in [0.717, 1.165) is 29.3 Å². The second-order valence-electron chi connectivity index (χ2n) is 4.70. The standard InChI is InChI=1S/C16H16N2O2S/c1-2-11-4-3-5-12(8-11)17-16(21)18-13-6-7-14-15(9-13)20-10-19-14/h3-9H,2,10H2,1H3,(H2,17,18,21). The van der Waals surface area contributed by atoms with Gasteiger partial charge in [0.15, 0.2) is 16.6 Å². The van der Waals surface area contributed by atoms with E-state index in [9.17, 15) is 0 Å². The minimum atomic E-state index is 0.269. The van der Waals surface area contributed by atoms with Crippen LogP contribution in [0.5, 0.6) is 11.5 Å². The molecular formula is C16H16N2O2S. The summed E-state index contributed by atoms with van der Waals surface area (Å²) in [6.07, 6.45) is 0.998. The Bertz CT molecular complexity index is 673. The molecule has 1 aliphatic rings. The molecule has 0 atom stereocenters. The van der Waals surface area contributed by atoms with Crippen LogP contribution in [-0.2, 0) is 6.42 Å². The average molecular weight is 300 g/mol. The van der Waals surface area contributed by atoms with Crippen molar-refractivity contribution in [3.63, 3.8) is 0 Å². The zero-order valence-electron chi connectivity index (χ0n) is 11.7. The van der Waals surface area contributed by atoms with Crippen molar-refractivity contribution < 1.29 is 9.47 Å². The highest BCUT2D eigenvalue weighted by Crippen LogP contribution is 2.34. The third-order valence-corrected chi connectivity index (χ3v) is 3.43. The molecule has 4 nitrogen and oxygen atoms in total. The Hall–Kier alpha value is -2.27. The number of nitrogens with one attached hydrogen (secondary N) is 2. The van der Waals surface area contributed by atoms with Crippen LogP contribution in [-0.4, -0.2) is 11.9 Å². The third kappa shape index (κ3) is 3.25. The summed E-state index contributed by atoms with van der Waals surface area (Å²) in [6.45, 7) is 2.40. The molecule has 0 saturated carbocycles. The maximum absolute atomic E-state index is 5.34. The Balaban J connectivity index is 1.66. The summed E-state index contributed by atoms with van der Waals surface area (Å²) in [5, 5.41) is 6.87. The highest BCUT2D eigenvalue weighted by atomic mass is 32.1. The topological polar surface area (TPSA) is 42.5 Å². The van der Waals surface area contributed by atoms with E-state index < -0.39 is 0 Å². The van der Waals surface area contributed by atoms with Crippen LogP contribution in [0.2, 0.25) is 0 Å². The molecule has 2 aromatic rings. The van der Waals surface area contributed by atoms with E-state index in [2.05, 4.69) is 29.7 Å². The highest BCUT2D eigenvalue weighted by Gasteiger charge is 2.13. The van der Waals surface area contributed by atoms with Crippen LogP contribution in [0.4, 0.5) is 11.4 Å². The van der Waals surface area contributed by atoms with Gasteiger partial charge in [-0.05, 0) is 48.5 Å². The van der Waals surface area contributed by atoms with Crippen LogP contribution in [0.1, 0.15) is 12.5 Å². The van der Waals surface area contributed by atoms with E-state index in [0.29, 0.717) is 5.11 Å². The van der Waals surface area contributed by atoms with Crippen molar-refractivity contribution in [3.05, 3.63) is 48.0 Å². The summed E-state index contributed by atoms with van der Waals surface area (Å²) >= 11 is 5.33. The Morgan fingerprint density at radius 1 is 1.05 bits per heavy atom. The fraction of sp³-hybridized carbons (Fsp3) is 0.188. The van der Waals surface area contributed by atoms with E-state index in [1.807, 2.05) is 30.3 Å².